The lowest BCUT2D eigenvalue weighted by Gasteiger charge is -2.14. The quantitative estimate of drug-likeness (QED) is 0.723. The maximum absolute atomic E-state index is 5.87. The minimum atomic E-state index is 0.242. The van der Waals surface area contributed by atoms with Crippen LogP contribution in [-0.4, -0.2) is 38.9 Å². The number of fused-ring (bicyclic) bond motifs is 1. The van der Waals surface area contributed by atoms with Gasteiger partial charge in [0.1, 0.15) is 0 Å². The van der Waals surface area contributed by atoms with E-state index in [9.17, 15) is 0 Å². The van der Waals surface area contributed by atoms with Crippen molar-refractivity contribution in [1.82, 2.24) is 19.7 Å². The van der Waals surface area contributed by atoms with Crippen molar-refractivity contribution in [2.75, 3.05) is 18.0 Å². The Morgan fingerprint density at radius 2 is 2.31 bits per heavy atom. The fourth-order valence-corrected chi connectivity index (χ4v) is 2.05. The van der Waals surface area contributed by atoms with E-state index in [0.29, 0.717) is 0 Å². The molecular formula is C10H14N6. The largest absolute Gasteiger partial charge is 0.339 e. The number of aromatic nitrogens is 4. The van der Waals surface area contributed by atoms with Crippen LogP contribution in [0.4, 0.5) is 5.95 Å². The van der Waals surface area contributed by atoms with E-state index >= 15 is 0 Å². The Balaban J connectivity index is 2.01. The third kappa shape index (κ3) is 1.42. The Labute approximate surface area is 93.1 Å². The predicted octanol–water partition coefficient (Wildman–Crippen LogP) is -0.0993. The average Bonchev–Trinajstić information content (AvgIpc) is 2.86. The van der Waals surface area contributed by atoms with E-state index in [4.69, 9.17) is 5.73 Å². The molecular weight excluding hydrogens is 204 g/mol. The summed E-state index contributed by atoms with van der Waals surface area (Å²) < 4.78 is 1.76. The third-order valence-corrected chi connectivity index (χ3v) is 2.97. The molecule has 1 aliphatic heterocycles. The first-order valence-corrected chi connectivity index (χ1v) is 5.39. The van der Waals surface area contributed by atoms with Crippen molar-refractivity contribution in [2.45, 2.75) is 12.5 Å². The van der Waals surface area contributed by atoms with Gasteiger partial charge in [-0.05, 0) is 6.42 Å². The van der Waals surface area contributed by atoms with Crippen LogP contribution in [-0.2, 0) is 7.05 Å². The fraction of sp³-hybridized carbons (Fsp3) is 0.500. The summed E-state index contributed by atoms with van der Waals surface area (Å²) in [5.74, 6) is 0.754. The first-order valence-electron chi connectivity index (χ1n) is 5.39. The van der Waals surface area contributed by atoms with Crippen LogP contribution < -0.4 is 10.6 Å². The molecule has 1 aliphatic rings. The van der Waals surface area contributed by atoms with Crippen molar-refractivity contribution < 1.29 is 0 Å². The first-order chi connectivity index (χ1) is 7.74. The number of rotatable bonds is 1. The lowest BCUT2D eigenvalue weighted by atomic mass is 10.3. The summed E-state index contributed by atoms with van der Waals surface area (Å²) in [6.07, 6.45) is 4.59. The lowest BCUT2D eigenvalue weighted by molar-refractivity contribution is 0.749. The Hall–Kier alpha value is -1.69. The normalized spacial score (nSPS) is 20.9. The van der Waals surface area contributed by atoms with Gasteiger partial charge in [0.2, 0.25) is 5.95 Å². The molecule has 2 aromatic rings. The zero-order chi connectivity index (χ0) is 11.1. The van der Waals surface area contributed by atoms with Crippen LogP contribution in [0.1, 0.15) is 6.42 Å². The maximum atomic E-state index is 5.87. The molecule has 0 spiro atoms. The highest BCUT2D eigenvalue weighted by molar-refractivity contribution is 5.74. The van der Waals surface area contributed by atoms with Gasteiger partial charge < -0.3 is 10.6 Å². The topological polar surface area (TPSA) is 72.9 Å². The second-order valence-corrected chi connectivity index (χ2v) is 4.21. The molecule has 1 atom stereocenters. The standard InChI is InChI=1S/C10H14N6/c1-15-9-7(5-13-15)4-12-10(14-9)16-3-2-8(11)6-16/h4-5,8H,2-3,6,11H2,1H3. The van der Waals surface area contributed by atoms with Crippen LogP contribution in [0.15, 0.2) is 12.4 Å². The molecule has 0 aliphatic carbocycles. The third-order valence-electron chi connectivity index (χ3n) is 2.97. The van der Waals surface area contributed by atoms with Crippen LogP contribution in [0.25, 0.3) is 11.0 Å². The minimum absolute atomic E-state index is 0.242. The van der Waals surface area contributed by atoms with Gasteiger partial charge in [-0.25, -0.2) is 4.98 Å². The Kier molecular flexibility index (Phi) is 2.03. The highest BCUT2D eigenvalue weighted by Gasteiger charge is 2.21. The van der Waals surface area contributed by atoms with Gasteiger partial charge in [-0.2, -0.15) is 10.1 Å². The molecule has 0 bridgehead atoms. The highest BCUT2D eigenvalue weighted by Crippen LogP contribution is 2.17. The molecule has 84 valence electrons. The van der Waals surface area contributed by atoms with Crippen LogP contribution in [0.5, 0.6) is 0 Å². The van der Waals surface area contributed by atoms with Crippen molar-refractivity contribution in [3.05, 3.63) is 12.4 Å². The van der Waals surface area contributed by atoms with Gasteiger partial charge in [0.05, 0.1) is 11.6 Å². The molecule has 2 aromatic heterocycles. The molecule has 0 saturated carbocycles. The molecule has 16 heavy (non-hydrogen) atoms. The molecule has 2 N–H and O–H groups in total. The maximum Gasteiger partial charge on any atom is 0.227 e. The molecule has 6 heteroatoms. The van der Waals surface area contributed by atoms with Crippen molar-refractivity contribution in [2.24, 2.45) is 12.8 Å². The highest BCUT2D eigenvalue weighted by atomic mass is 15.3. The summed E-state index contributed by atoms with van der Waals surface area (Å²) >= 11 is 0. The Bertz CT molecular complexity index is 519. The first kappa shape index (κ1) is 9.53. The molecule has 0 radical (unpaired) electrons. The smallest absolute Gasteiger partial charge is 0.227 e. The van der Waals surface area contributed by atoms with E-state index in [1.165, 1.54) is 0 Å². The molecule has 1 saturated heterocycles. The molecule has 1 unspecified atom stereocenters. The van der Waals surface area contributed by atoms with E-state index in [1.54, 1.807) is 10.9 Å². The van der Waals surface area contributed by atoms with E-state index in [2.05, 4.69) is 20.0 Å². The van der Waals surface area contributed by atoms with Crippen molar-refractivity contribution in [3.8, 4) is 0 Å². The Morgan fingerprint density at radius 1 is 1.44 bits per heavy atom. The van der Waals surface area contributed by atoms with Crippen molar-refractivity contribution >= 4 is 17.0 Å². The molecule has 1 fully saturated rings. The minimum Gasteiger partial charge on any atom is -0.339 e. The van der Waals surface area contributed by atoms with E-state index < -0.39 is 0 Å². The number of hydrogen-bond donors (Lipinski definition) is 1. The summed E-state index contributed by atoms with van der Waals surface area (Å²) in [7, 11) is 1.88. The van der Waals surface area contributed by atoms with Gasteiger partial charge in [0.15, 0.2) is 5.65 Å². The summed E-state index contributed by atoms with van der Waals surface area (Å²) in [6.45, 7) is 1.77. The number of anilines is 1. The summed E-state index contributed by atoms with van der Waals surface area (Å²) in [6, 6.07) is 0.242. The lowest BCUT2D eigenvalue weighted by Crippen LogP contribution is -2.27. The number of hydrogen-bond acceptors (Lipinski definition) is 5. The summed E-state index contributed by atoms with van der Waals surface area (Å²) in [5.41, 5.74) is 6.74. The van der Waals surface area contributed by atoms with Gasteiger partial charge in [0, 0.05) is 32.4 Å². The fourth-order valence-electron chi connectivity index (χ4n) is 2.05. The molecule has 3 rings (SSSR count). The average molecular weight is 218 g/mol. The zero-order valence-corrected chi connectivity index (χ0v) is 9.17. The second-order valence-electron chi connectivity index (χ2n) is 4.21. The van der Waals surface area contributed by atoms with Gasteiger partial charge in [0.25, 0.3) is 0 Å². The zero-order valence-electron chi connectivity index (χ0n) is 9.17. The van der Waals surface area contributed by atoms with Gasteiger partial charge in [-0.1, -0.05) is 0 Å². The van der Waals surface area contributed by atoms with Crippen LogP contribution in [0.2, 0.25) is 0 Å². The number of aryl methyl sites for hydroxylation is 1. The van der Waals surface area contributed by atoms with Gasteiger partial charge in [-0.15, -0.1) is 0 Å². The van der Waals surface area contributed by atoms with Crippen LogP contribution in [0.3, 0.4) is 0 Å². The van der Waals surface area contributed by atoms with Crippen molar-refractivity contribution in [1.29, 1.82) is 0 Å². The van der Waals surface area contributed by atoms with Crippen molar-refractivity contribution in [3.63, 3.8) is 0 Å². The molecule has 0 amide bonds. The van der Waals surface area contributed by atoms with Crippen LogP contribution in [0, 0.1) is 0 Å². The summed E-state index contributed by atoms with van der Waals surface area (Å²) in [5, 5.41) is 5.12. The van der Waals surface area contributed by atoms with Crippen LogP contribution >= 0.6 is 0 Å². The van der Waals surface area contributed by atoms with E-state index in [1.807, 2.05) is 13.2 Å². The predicted molar refractivity (Wildman–Crippen MR) is 61.1 cm³/mol. The molecule has 0 aromatic carbocycles. The van der Waals surface area contributed by atoms with Gasteiger partial charge in [-0.3, -0.25) is 4.68 Å². The molecule has 3 heterocycles. The van der Waals surface area contributed by atoms with E-state index in [-0.39, 0.29) is 6.04 Å². The number of nitrogens with zero attached hydrogens (tertiary/aromatic N) is 5. The SMILES string of the molecule is Cn1ncc2cnc(N3CCC(N)C3)nc21. The van der Waals surface area contributed by atoms with Gasteiger partial charge >= 0.3 is 0 Å². The van der Waals surface area contributed by atoms with E-state index in [0.717, 1.165) is 36.5 Å². The monoisotopic (exact) mass is 218 g/mol. The Morgan fingerprint density at radius 3 is 3.06 bits per heavy atom. The number of nitrogens with two attached hydrogens (primary N) is 1. The molecule has 6 nitrogen and oxygen atoms in total. The summed E-state index contributed by atoms with van der Waals surface area (Å²) in [4.78, 5) is 11.0. The second kappa shape index (κ2) is 3.41.